The monoisotopic (exact) mass is 284 g/mol. The van der Waals surface area contributed by atoms with Gasteiger partial charge in [0.1, 0.15) is 12.7 Å². The number of aromatic nitrogens is 4. The van der Waals surface area contributed by atoms with Gasteiger partial charge in [0, 0.05) is 23.6 Å². The fourth-order valence-electron chi connectivity index (χ4n) is 2.46. The van der Waals surface area contributed by atoms with Crippen molar-refractivity contribution in [2.45, 2.75) is 13.0 Å². The Bertz CT molecular complexity index is 730. The Labute approximate surface area is 123 Å². The third-order valence-electron chi connectivity index (χ3n) is 3.56. The van der Waals surface area contributed by atoms with Crippen LogP contribution in [-0.2, 0) is 13.0 Å². The number of benzene rings is 1. The van der Waals surface area contributed by atoms with Gasteiger partial charge in [0.2, 0.25) is 0 Å². The molecule has 0 aliphatic carbocycles. The van der Waals surface area contributed by atoms with E-state index in [0.717, 1.165) is 39.7 Å². The molecule has 0 saturated carbocycles. The molecule has 6 nitrogen and oxygen atoms in total. The minimum Gasteiger partial charge on any atom is -0.806 e. The van der Waals surface area contributed by atoms with E-state index >= 15 is 0 Å². The second kappa shape index (κ2) is 5.57. The van der Waals surface area contributed by atoms with Crippen molar-refractivity contribution in [1.29, 1.82) is 0 Å². The van der Waals surface area contributed by atoms with Crippen molar-refractivity contribution in [2.24, 2.45) is 0 Å². The lowest BCUT2D eigenvalue weighted by Gasteiger charge is -2.08. The van der Waals surface area contributed by atoms with Crippen molar-refractivity contribution in [2.75, 3.05) is 20.6 Å². The van der Waals surface area contributed by atoms with Gasteiger partial charge < -0.3 is 14.8 Å². The van der Waals surface area contributed by atoms with Gasteiger partial charge in [0.15, 0.2) is 0 Å². The first-order valence-corrected chi connectivity index (χ1v) is 6.91. The normalized spacial score (nSPS) is 11.6. The highest BCUT2D eigenvalue weighted by Gasteiger charge is 2.07. The summed E-state index contributed by atoms with van der Waals surface area (Å²) in [6.07, 6.45) is 5.77. The van der Waals surface area contributed by atoms with E-state index in [2.05, 4.69) is 21.0 Å². The highest BCUT2D eigenvalue weighted by atomic mass is 16.5. The van der Waals surface area contributed by atoms with Gasteiger partial charge in [-0.05, 0) is 43.8 Å². The van der Waals surface area contributed by atoms with Crippen molar-refractivity contribution >= 4 is 10.9 Å². The molecule has 0 bridgehead atoms. The summed E-state index contributed by atoms with van der Waals surface area (Å²) in [5.41, 5.74) is 2.94. The van der Waals surface area contributed by atoms with Crippen LogP contribution in [0.4, 0.5) is 0 Å². The van der Waals surface area contributed by atoms with Crippen LogP contribution in [0.2, 0.25) is 0 Å². The first-order valence-electron chi connectivity index (χ1n) is 6.91. The van der Waals surface area contributed by atoms with Gasteiger partial charge in [-0.25, -0.2) is 9.67 Å². The minimum absolute atomic E-state index is 0.660. The molecule has 0 radical (unpaired) electrons. The molecule has 3 aromatic rings. The number of fused-ring (bicyclic) bond motifs is 1. The fourth-order valence-corrected chi connectivity index (χ4v) is 2.46. The maximum absolute atomic E-state index is 11.9. The van der Waals surface area contributed by atoms with E-state index < -0.39 is 0 Å². The number of likely N-dealkylation sites (N-methyl/N-ethyl adjacent to an activating group) is 1. The SMILES string of the molecule is CN(C)CCc1cn([O-])c2ccc(Cn3cncn3)cc12. The molecule has 0 aliphatic heterocycles. The number of rotatable bonds is 5. The summed E-state index contributed by atoms with van der Waals surface area (Å²) in [4.78, 5) is 6.06. The zero-order valence-corrected chi connectivity index (χ0v) is 12.2. The van der Waals surface area contributed by atoms with Gasteiger partial charge in [-0.15, -0.1) is 0 Å². The van der Waals surface area contributed by atoms with Gasteiger partial charge >= 0.3 is 0 Å². The second-order valence-electron chi connectivity index (χ2n) is 5.48. The lowest BCUT2D eigenvalue weighted by Crippen LogP contribution is -2.14. The summed E-state index contributed by atoms with van der Waals surface area (Å²) >= 11 is 0. The van der Waals surface area contributed by atoms with Gasteiger partial charge in [0.25, 0.3) is 0 Å². The average molecular weight is 284 g/mol. The Morgan fingerprint density at radius 1 is 1.29 bits per heavy atom. The first kappa shape index (κ1) is 13.6. The van der Waals surface area contributed by atoms with Crippen molar-refractivity contribution in [1.82, 2.24) is 24.4 Å². The molecule has 0 spiro atoms. The average Bonchev–Trinajstić information content (AvgIpc) is 3.05. The third kappa shape index (κ3) is 2.90. The van der Waals surface area contributed by atoms with Crippen LogP contribution in [0.25, 0.3) is 10.9 Å². The molecule has 0 fully saturated rings. The van der Waals surface area contributed by atoms with E-state index in [-0.39, 0.29) is 0 Å². The summed E-state index contributed by atoms with van der Waals surface area (Å²) in [6, 6.07) is 5.93. The maximum atomic E-state index is 11.9. The van der Waals surface area contributed by atoms with Crippen LogP contribution < -0.4 is 0 Å². The summed E-state index contributed by atoms with van der Waals surface area (Å²) < 4.78 is 2.73. The molecule has 6 heteroatoms. The van der Waals surface area contributed by atoms with Crippen molar-refractivity contribution in [3.05, 3.63) is 53.4 Å². The molecule has 0 unspecified atom stereocenters. The summed E-state index contributed by atoms with van der Waals surface area (Å²) in [5, 5.41) is 17.1. The molecule has 1 aromatic carbocycles. The molecule has 110 valence electrons. The van der Waals surface area contributed by atoms with Gasteiger partial charge in [0.05, 0.1) is 6.54 Å². The molecule has 2 aromatic heterocycles. The van der Waals surface area contributed by atoms with E-state index in [1.54, 1.807) is 17.2 Å². The quantitative estimate of drug-likeness (QED) is 0.716. The molecular formula is C15H18N5O-. The van der Waals surface area contributed by atoms with Crippen molar-refractivity contribution in [3.8, 4) is 0 Å². The lowest BCUT2D eigenvalue weighted by atomic mass is 10.1. The highest BCUT2D eigenvalue weighted by molar-refractivity contribution is 5.85. The molecular weight excluding hydrogens is 266 g/mol. The van der Waals surface area contributed by atoms with Crippen LogP contribution >= 0.6 is 0 Å². The standard InChI is InChI=1S/C15H18N5O/c1-18(2)6-5-13-9-20(21)15-4-3-12(7-14(13)15)8-19-11-16-10-17-19/h3-4,7,9-11H,5-6,8H2,1-2H3/q-1. The molecule has 0 amide bonds. The molecule has 0 saturated heterocycles. The zero-order chi connectivity index (χ0) is 14.8. The maximum Gasteiger partial charge on any atom is 0.137 e. The number of nitrogens with zero attached hydrogens (tertiary/aromatic N) is 5. The summed E-state index contributed by atoms with van der Waals surface area (Å²) in [5.74, 6) is 0. The van der Waals surface area contributed by atoms with Crippen LogP contribution in [0.1, 0.15) is 11.1 Å². The molecule has 0 aliphatic rings. The van der Waals surface area contributed by atoms with Crippen LogP contribution in [0.3, 0.4) is 0 Å². The minimum atomic E-state index is 0.660. The van der Waals surface area contributed by atoms with Crippen LogP contribution in [0.5, 0.6) is 0 Å². The molecule has 2 heterocycles. The van der Waals surface area contributed by atoms with Crippen LogP contribution in [0, 0.1) is 5.21 Å². The van der Waals surface area contributed by atoms with Gasteiger partial charge in [-0.2, -0.15) is 5.10 Å². The molecule has 0 N–H and O–H groups in total. The van der Waals surface area contributed by atoms with Crippen molar-refractivity contribution in [3.63, 3.8) is 0 Å². The lowest BCUT2D eigenvalue weighted by molar-refractivity contribution is 0.414. The van der Waals surface area contributed by atoms with Gasteiger partial charge in [-0.1, -0.05) is 6.07 Å². The van der Waals surface area contributed by atoms with E-state index in [0.29, 0.717) is 6.54 Å². The van der Waals surface area contributed by atoms with Crippen LogP contribution in [0.15, 0.2) is 37.1 Å². The summed E-state index contributed by atoms with van der Waals surface area (Å²) in [6.45, 7) is 1.58. The Balaban J connectivity index is 1.92. The highest BCUT2D eigenvalue weighted by Crippen LogP contribution is 2.23. The predicted molar refractivity (Wildman–Crippen MR) is 82.1 cm³/mol. The first-order chi connectivity index (χ1) is 10.1. The third-order valence-corrected chi connectivity index (χ3v) is 3.56. The topological polar surface area (TPSA) is 61.9 Å². The van der Waals surface area contributed by atoms with E-state index in [1.807, 2.05) is 26.2 Å². The summed E-state index contributed by atoms with van der Waals surface area (Å²) in [7, 11) is 4.07. The predicted octanol–water partition coefficient (Wildman–Crippen LogP) is 1.73. The van der Waals surface area contributed by atoms with Crippen molar-refractivity contribution < 1.29 is 0 Å². The molecule has 21 heavy (non-hydrogen) atoms. The Morgan fingerprint density at radius 3 is 2.86 bits per heavy atom. The van der Waals surface area contributed by atoms with Crippen LogP contribution in [-0.4, -0.2) is 45.0 Å². The second-order valence-corrected chi connectivity index (χ2v) is 5.48. The van der Waals surface area contributed by atoms with E-state index in [4.69, 9.17) is 0 Å². The smallest absolute Gasteiger partial charge is 0.137 e. The number of hydrogen-bond acceptors (Lipinski definition) is 4. The Hall–Kier alpha value is -2.34. The fraction of sp³-hybridized carbons (Fsp3) is 0.333. The zero-order valence-electron chi connectivity index (χ0n) is 12.2. The van der Waals surface area contributed by atoms with E-state index in [9.17, 15) is 5.21 Å². The number of hydrogen-bond donors (Lipinski definition) is 0. The van der Waals surface area contributed by atoms with Gasteiger partial charge in [-0.3, -0.25) is 0 Å². The molecule has 3 rings (SSSR count). The molecule has 0 atom stereocenters. The Morgan fingerprint density at radius 2 is 2.14 bits per heavy atom. The largest absolute Gasteiger partial charge is 0.806 e. The Kier molecular flexibility index (Phi) is 3.62. The van der Waals surface area contributed by atoms with E-state index in [1.165, 1.54) is 6.33 Å².